The summed E-state index contributed by atoms with van der Waals surface area (Å²) in [6.45, 7) is 0. The molecule has 0 aromatic heterocycles. The molecule has 0 aliphatic heterocycles. The Bertz CT molecular complexity index is 691. The lowest BCUT2D eigenvalue weighted by Crippen LogP contribution is -2.05. The second-order valence-corrected chi connectivity index (χ2v) is 5.02. The van der Waals surface area contributed by atoms with Crippen molar-refractivity contribution in [3.63, 3.8) is 0 Å². The Morgan fingerprint density at radius 2 is 1.64 bits per heavy atom. The van der Waals surface area contributed by atoms with Gasteiger partial charge < -0.3 is 0 Å². The van der Waals surface area contributed by atoms with Crippen LogP contribution in [0.2, 0.25) is 10.0 Å². The molecule has 2 nitrogen and oxygen atoms in total. The highest BCUT2D eigenvalue weighted by atomic mass is 35.5. The molecule has 2 rings (SSSR count). The van der Waals surface area contributed by atoms with Crippen molar-refractivity contribution in [2.24, 2.45) is 5.10 Å². The van der Waals surface area contributed by atoms with Gasteiger partial charge >= 0.3 is 6.18 Å². The SMILES string of the molecule is Fc1ccccc1/C=N\Nc1c(Cl)cc(C(F)(F)F)cc1Cl. The molecule has 0 radical (unpaired) electrons. The zero-order valence-corrected chi connectivity index (χ0v) is 12.3. The molecular formula is C14H8Cl2F4N2. The Hall–Kier alpha value is -1.79. The Morgan fingerprint density at radius 3 is 2.18 bits per heavy atom. The number of hydrogen-bond acceptors (Lipinski definition) is 2. The number of benzene rings is 2. The largest absolute Gasteiger partial charge is 0.416 e. The van der Waals surface area contributed by atoms with Crippen LogP contribution in [0.5, 0.6) is 0 Å². The van der Waals surface area contributed by atoms with Crippen LogP contribution in [0, 0.1) is 5.82 Å². The van der Waals surface area contributed by atoms with Gasteiger partial charge in [0.25, 0.3) is 0 Å². The lowest BCUT2D eigenvalue weighted by atomic mass is 10.2. The summed E-state index contributed by atoms with van der Waals surface area (Å²) in [7, 11) is 0. The summed E-state index contributed by atoms with van der Waals surface area (Å²) in [5.41, 5.74) is 1.65. The summed E-state index contributed by atoms with van der Waals surface area (Å²) in [6.07, 6.45) is -3.39. The molecule has 0 amide bonds. The maximum atomic E-state index is 13.4. The summed E-state index contributed by atoms with van der Waals surface area (Å²) in [6, 6.07) is 7.32. The average molecular weight is 351 g/mol. The number of nitrogens with one attached hydrogen (secondary N) is 1. The predicted molar refractivity (Wildman–Crippen MR) is 79.1 cm³/mol. The fourth-order valence-corrected chi connectivity index (χ4v) is 2.16. The summed E-state index contributed by atoms with van der Waals surface area (Å²) < 4.78 is 51.1. The molecule has 116 valence electrons. The van der Waals surface area contributed by atoms with Crippen molar-refractivity contribution in [3.05, 3.63) is 63.4 Å². The van der Waals surface area contributed by atoms with E-state index in [4.69, 9.17) is 23.2 Å². The van der Waals surface area contributed by atoms with Crippen LogP contribution in [-0.4, -0.2) is 6.21 Å². The number of alkyl halides is 3. The molecule has 22 heavy (non-hydrogen) atoms. The molecule has 1 N–H and O–H groups in total. The van der Waals surface area contributed by atoms with E-state index in [-0.39, 0.29) is 21.3 Å². The van der Waals surface area contributed by atoms with Crippen LogP contribution in [0.4, 0.5) is 23.2 Å². The summed E-state index contributed by atoms with van der Waals surface area (Å²) in [5.74, 6) is -0.488. The second kappa shape index (κ2) is 6.54. The first-order valence-electron chi connectivity index (χ1n) is 5.89. The molecule has 0 unspecified atom stereocenters. The lowest BCUT2D eigenvalue weighted by Gasteiger charge is -2.11. The highest BCUT2D eigenvalue weighted by Gasteiger charge is 2.32. The minimum absolute atomic E-state index is 0.00363. The van der Waals surface area contributed by atoms with Gasteiger partial charge in [0, 0.05) is 5.56 Å². The monoisotopic (exact) mass is 350 g/mol. The van der Waals surface area contributed by atoms with Crippen LogP contribution in [0.25, 0.3) is 0 Å². The van der Waals surface area contributed by atoms with Crippen molar-refractivity contribution >= 4 is 35.1 Å². The van der Waals surface area contributed by atoms with Gasteiger partial charge in [-0.05, 0) is 18.2 Å². The minimum Gasteiger partial charge on any atom is -0.275 e. The first-order valence-corrected chi connectivity index (χ1v) is 6.64. The van der Waals surface area contributed by atoms with E-state index < -0.39 is 17.6 Å². The molecule has 0 bridgehead atoms. The van der Waals surface area contributed by atoms with E-state index in [9.17, 15) is 17.6 Å². The molecule has 0 saturated carbocycles. The topological polar surface area (TPSA) is 24.4 Å². The Balaban J connectivity index is 2.22. The van der Waals surface area contributed by atoms with Crippen LogP contribution >= 0.6 is 23.2 Å². The Labute approximate surface area is 133 Å². The molecule has 0 atom stereocenters. The molecular weight excluding hydrogens is 343 g/mol. The fraction of sp³-hybridized carbons (Fsp3) is 0.0714. The number of hydrazone groups is 1. The van der Waals surface area contributed by atoms with Crippen LogP contribution in [0.1, 0.15) is 11.1 Å². The van der Waals surface area contributed by atoms with Crippen molar-refractivity contribution in [1.29, 1.82) is 0 Å². The first-order chi connectivity index (χ1) is 10.3. The Kier molecular flexibility index (Phi) is 4.93. The summed E-state index contributed by atoms with van der Waals surface area (Å²) >= 11 is 11.5. The average Bonchev–Trinajstić information content (AvgIpc) is 2.42. The quantitative estimate of drug-likeness (QED) is 0.435. The summed E-state index contributed by atoms with van der Waals surface area (Å²) in [4.78, 5) is 0. The van der Waals surface area contributed by atoms with Gasteiger partial charge in [0.1, 0.15) is 5.82 Å². The van der Waals surface area contributed by atoms with Crippen molar-refractivity contribution in [3.8, 4) is 0 Å². The van der Waals surface area contributed by atoms with Crippen molar-refractivity contribution < 1.29 is 17.6 Å². The molecule has 2 aromatic carbocycles. The van der Waals surface area contributed by atoms with Crippen LogP contribution in [-0.2, 0) is 6.18 Å². The maximum Gasteiger partial charge on any atom is 0.416 e. The molecule has 0 saturated heterocycles. The van der Waals surface area contributed by atoms with Gasteiger partial charge in [-0.15, -0.1) is 0 Å². The van der Waals surface area contributed by atoms with Crippen molar-refractivity contribution in [2.75, 3.05) is 5.43 Å². The zero-order chi connectivity index (χ0) is 16.3. The second-order valence-electron chi connectivity index (χ2n) is 4.20. The standard InChI is InChI=1S/C14H8Cl2F4N2/c15-10-5-9(14(18,19)20)6-11(16)13(10)22-21-7-8-3-1-2-4-12(8)17/h1-7,22H/b21-7-. The molecule has 0 fully saturated rings. The number of anilines is 1. The van der Waals surface area contributed by atoms with E-state index in [0.717, 1.165) is 12.1 Å². The van der Waals surface area contributed by atoms with Gasteiger partial charge in [-0.3, -0.25) is 5.43 Å². The molecule has 8 heteroatoms. The number of rotatable bonds is 3. The Morgan fingerprint density at radius 1 is 1.05 bits per heavy atom. The van der Waals surface area contributed by atoms with E-state index in [1.807, 2.05) is 0 Å². The third-order valence-electron chi connectivity index (χ3n) is 2.65. The smallest absolute Gasteiger partial charge is 0.275 e. The van der Waals surface area contributed by atoms with E-state index in [1.165, 1.54) is 24.4 Å². The van der Waals surface area contributed by atoms with E-state index in [1.54, 1.807) is 6.07 Å². The van der Waals surface area contributed by atoms with Crippen LogP contribution in [0.3, 0.4) is 0 Å². The zero-order valence-electron chi connectivity index (χ0n) is 10.8. The third kappa shape index (κ3) is 3.90. The van der Waals surface area contributed by atoms with E-state index in [2.05, 4.69) is 10.5 Å². The van der Waals surface area contributed by atoms with Gasteiger partial charge in [0.05, 0.1) is 27.5 Å². The van der Waals surface area contributed by atoms with Gasteiger partial charge in [0.2, 0.25) is 0 Å². The van der Waals surface area contributed by atoms with Gasteiger partial charge in [-0.2, -0.15) is 18.3 Å². The normalized spacial score (nSPS) is 11.9. The van der Waals surface area contributed by atoms with Gasteiger partial charge in [-0.1, -0.05) is 41.4 Å². The van der Waals surface area contributed by atoms with E-state index >= 15 is 0 Å². The van der Waals surface area contributed by atoms with Gasteiger partial charge in [0.15, 0.2) is 0 Å². The molecule has 0 aliphatic carbocycles. The predicted octanol–water partition coefficient (Wildman–Crippen LogP) is 5.60. The molecule has 0 spiro atoms. The van der Waals surface area contributed by atoms with Gasteiger partial charge in [-0.25, -0.2) is 4.39 Å². The van der Waals surface area contributed by atoms with E-state index in [0.29, 0.717) is 0 Å². The molecule has 0 heterocycles. The molecule has 0 aliphatic rings. The highest BCUT2D eigenvalue weighted by Crippen LogP contribution is 2.38. The minimum atomic E-state index is -4.55. The number of hydrogen-bond donors (Lipinski definition) is 1. The fourth-order valence-electron chi connectivity index (χ4n) is 1.59. The lowest BCUT2D eigenvalue weighted by molar-refractivity contribution is -0.137. The van der Waals surface area contributed by atoms with Crippen LogP contribution < -0.4 is 5.43 Å². The van der Waals surface area contributed by atoms with Crippen molar-refractivity contribution in [1.82, 2.24) is 0 Å². The summed E-state index contributed by atoms with van der Waals surface area (Å²) in [5, 5.41) is 3.23. The molecule has 2 aromatic rings. The van der Waals surface area contributed by atoms with Crippen molar-refractivity contribution in [2.45, 2.75) is 6.18 Å². The first kappa shape index (κ1) is 16.6. The number of halogens is 6. The van der Waals surface area contributed by atoms with Crippen LogP contribution in [0.15, 0.2) is 41.5 Å². The number of nitrogens with zero attached hydrogens (tertiary/aromatic N) is 1. The highest BCUT2D eigenvalue weighted by molar-refractivity contribution is 6.39. The third-order valence-corrected chi connectivity index (χ3v) is 3.25. The maximum absolute atomic E-state index is 13.4.